The average molecular weight is 342 g/mol. The predicted octanol–water partition coefficient (Wildman–Crippen LogP) is 3.06. The molecule has 0 fully saturated rings. The molecule has 0 bridgehead atoms. The maximum Gasteiger partial charge on any atom is 0.449 e. The van der Waals surface area contributed by atoms with Crippen LogP contribution in [-0.2, 0) is 6.18 Å². The fraction of sp³-hybridized carbons (Fsp3) is 0.500. The number of alkyl halides is 3. The van der Waals surface area contributed by atoms with Gasteiger partial charge in [-0.05, 0) is 39.0 Å². The van der Waals surface area contributed by atoms with Gasteiger partial charge in [-0.1, -0.05) is 0 Å². The van der Waals surface area contributed by atoms with Gasteiger partial charge in [0, 0.05) is 31.2 Å². The number of rotatable bonds is 4. The van der Waals surface area contributed by atoms with Gasteiger partial charge in [0.2, 0.25) is 5.82 Å². The first kappa shape index (κ1) is 18.3. The van der Waals surface area contributed by atoms with E-state index in [1.165, 1.54) is 23.1 Å². The Morgan fingerprint density at radius 3 is 2.46 bits per heavy atom. The summed E-state index contributed by atoms with van der Waals surface area (Å²) in [6.07, 6.45) is -4.56. The molecule has 1 aromatic carbocycles. The van der Waals surface area contributed by atoms with Gasteiger partial charge in [-0.25, -0.2) is 4.98 Å². The van der Waals surface area contributed by atoms with Crippen LogP contribution >= 0.6 is 0 Å². The third-order valence-corrected chi connectivity index (χ3v) is 4.03. The van der Waals surface area contributed by atoms with Crippen LogP contribution in [0.15, 0.2) is 18.2 Å². The number of hydrogen-bond acceptors (Lipinski definition) is 3. The number of nitrogens with zero attached hydrogens (tertiary/aromatic N) is 3. The van der Waals surface area contributed by atoms with Crippen LogP contribution in [0.1, 0.15) is 43.0 Å². The van der Waals surface area contributed by atoms with E-state index in [0.717, 1.165) is 4.57 Å². The molecule has 1 unspecified atom stereocenters. The average Bonchev–Trinajstić information content (AvgIpc) is 2.91. The number of amides is 1. The highest BCUT2D eigenvalue weighted by atomic mass is 19.4. The van der Waals surface area contributed by atoms with E-state index in [-0.39, 0.29) is 23.0 Å². The van der Waals surface area contributed by atoms with E-state index in [0.29, 0.717) is 12.1 Å². The minimum absolute atomic E-state index is 0.149. The lowest BCUT2D eigenvalue weighted by molar-refractivity contribution is -0.147. The van der Waals surface area contributed by atoms with Gasteiger partial charge in [0.25, 0.3) is 5.91 Å². The van der Waals surface area contributed by atoms with Crippen molar-refractivity contribution in [3.63, 3.8) is 0 Å². The fourth-order valence-electron chi connectivity index (χ4n) is 2.52. The number of hydrogen-bond donors (Lipinski definition) is 1. The zero-order valence-corrected chi connectivity index (χ0v) is 14.1. The smallest absolute Gasteiger partial charge is 0.338 e. The molecule has 2 aromatic rings. The number of fused-ring (bicyclic) bond motifs is 1. The Labute approximate surface area is 138 Å². The monoisotopic (exact) mass is 342 g/mol. The molecule has 0 aliphatic rings. The molecule has 0 radical (unpaired) electrons. The van der Waals surface area contributed by atoms with Gasteiger partial charge >= 0.3 is 6.18 Å². The van der Waals surface area contributed by atoms with Gasteiger partial charge in [0.15, 0.2) is 0 Å². The van der Waals surface area contributed by atoms with Crippen molar-refractivity contribution in [3.8, 4) is 0 Å². The van der Waals surface area contributed by atoms with Crippen LogP contribution in [0.25, 0.3) is 11.0 Å². The lowest BCUT2D eigenvalue weighted by Gasteiger charge is -2.23. The Kier molecular flexibility index (Phi) is 4.89. The van der Waals surface area contributed by atoms with Gasteiger partial charge in [0.1, 0.15) is 0 Å². The molecular weight excluding hydrogens is 321 g/mol. The van der Waals surface area contributed by atoms with Crippen LogP contribution in [0, 0.1) is 0 Å². The summed E-state index contributed by atoms with van der Waals surface area (Å²) in [6, 6.07) is 3.84. The zero-order chi connectivity index (χ0) is 18.2. The first-order valence-electron chi connectivity index (χ1n) is 7.64. The quantitative estimate of drug-likeness (QED) is 0.929. The minimum atomic E-state index is -4.56. The number of carbonyl (C=O) groups excluding carboxylic acids is 1. The lowest BCUT2D eigenvalue weighted by Crippen LogP contribution is -2.39. The summed E-state index contributed by atoms with van der Waals surface area (Å²) < 4.78 is 40.8. The number of aromatic nitrogens is 2. The molecular formula is C16H21F3N4O. The molecule has 0 aliphatic carbocycles. The van der Waals surface area contributed by atoms with Crippen molar-refractivity contribution in [2.24, 2.45) is 5.73 Å². The Morgan fingerprint density at radius 2 is 1.96 bits per heavy atom. The molecule has 5 nitrogen and oxygen atoms in total. The molecule has 2 N–H and O–H groups in total. The van der Waals surface area contributed by atoms with Crippen molar-refractivity contribution in [2.45, 2.75) is 39.0 Å². The molecule has 2 rings (SSSR count). The maximum absolute atomic E-state index is 13.2. The summed E-state index contributed by atoms with van der Waals surface area (Å²) in [5.41, 5.74) is 6.33. The third-order valence-electron chi connectivity index (χ3n) is 4.03. The van der Waals surface area contributed by atoms with E-state index >= 15 is 0 Å². The highest BCUT2D eigenvalue weighted by Crippen LogP contribution is 2.34. The third kappa shape index (κ3) is 3.24. The summed E-state index contributed by atoms with van der Waals surface area (Å²) in [4.78, 5) is 17.6. The maximum atomic E-state index is 13.2. The van der Waals surface area contributed by atoms with Crippen LogP contribution in [0.3, 0.4) is 0 Å². The van der Waals surface area contributed by atoms with Crippen molar-refractivity contribution < 1.29 is 18.0 Å². The lowest BCUT2D eigenvalue weighted by atomic mass is 10.1. The Bertz CT molecular complexity index is 752. The summed E-state index contributed by atoms with van der Waals surface area (Å²) >= 11 is 0. The molecule has 0 aliphatic heterocycles. The van der Waals surface area contributed by atoms with E-state index in [1.54, 1.807) is 27.8 Å². The standard InChI is InChI=1S/C16H21F3N4O/c1-9(2)23-13-6-5-11(14(24)22(4)10(3)8-20)7-12(13)21-15(23)16(17,18)19/h5-7,9-10H,8,20H2,1-4H3. The van der Waals surface area contributed by atoms with Gasteiger partial charge in [0.05, 0.1) is 11.0 Å². The van der Waals surface area contributed by atoms with E-state index < -0.39 is 18.0 Å². The largest absolute Gasteiger partial charge is 0.449 e. The number of halogens is 3. The van der Waals surface area contributed by atoms with Gasteiger partial charge in [-0.15, -0.1) is 0 Å². The molecule has 0 spiro atoms. The summed E-state index contributed by atoms with van der Waals surface area (Å²) in [5.74, 6) is -1.26. The highest BCUT2D eigenvalue weighted by molar-refractivity contribution is 5.97. The fourth-order valence-corrected chi connectivity index (χ4v) is 2.52. The van der Waals surface area contributed by atoms with Crippen molar-refractivity contribution >= 4 is 16.9 Å². The minimum Gasteiger partial charge on any atom is -0.338 e. The topological polar surface area (TPSA) is 64.2 Å². The molecule has 132 valence electrons. The summed E-state index contributed by atoms with van der Waals surface area (Å²) in [5, 5.41) is 0. The molecule has 1 atom stereocenters. The highest BCUT2D eigenvalue weighted by Gasteiger charge is 2.38. The zero-order valence-electron chi connectivity index (χ0n) is 14.1. The molecule has 24 heavy (non-hydrogen) atoms. The van der Waals surface area contributed by atoms with Crippen molar-refractivity contribution in [1.29, 1.82) is 0 Å². The van der Waals surface area contributed by atoms with E-state index in [2.05, 4.69) is 4.98 Å². The normalized spacial score (nSPS) is 13.5. The first-order chi connectivity index (χ1) is 11.1. The second-order valence-corrected chi connectivity index (χ2v) is 6.10. The Hall–Kier alpha value is -2.09. The molecule has 0 saturated carbocycles. The summed E-state index contributed by atoms with van der Waals surface area (Å²) in [7, 11) is 1.61. The van der Waals surface area contributed by atoms with Crippen LogP contribution in [-0.4, -0.2) is 40.0 Å². The molecule has 1 aromatic heterocycles. The van der Waals surface area contributed by atoms with Gasteiger partial charge in [-0.2, -0.15) is 13.2 Å². The second-order valence-electron chi connectivity index (χ2n) is 6.10. The van der Waals surface area contributed by atoms with Crippen LogP contribution < -0.4 is 5.73 Å². The molecule has 1 heterocycles. The number of benzene rings is 1. The second kappa shape index (κ2) is 6.43. The van der Waals surface area contributed by atoms with Gasteiger partial charge in [-0.3, -0.25) is 4.79 Å². The first-order valence-corrected chi connectivity index (χ1v) is 7.64. The number of carbonyl (C=O) groups is 1. The molecule has 1 amide bonds. The van der Waals surface area contributed by atoms with E-state index in [4.69, 9.17) is 5.73 Å². The Morgan fingerprint density at radius 1 is 1.33 bits per heavy atom. The van der Waals surface area contributed by atoms with Crippen LogP contribution in [0.2, 0.25) is 0 Å². The SMILES string of the molecule is CC(CN)N(C)C(=O)c1ccc2c(c1)nc(C(F)(F)F)n2C(C)C. The van der Waals surface area contributed by atoms with Crippen molar-refractivity contribution in [1.82, 2.24) is 14.5 Å². The van der Waals surface area contributed by atoms with E-state index in [9.17, 15) is 18.0 Å². The van der Waals surface area contributed by atoms with Crippen LogP contribution in [0.5, 0.6) is 0 Å². The van der Waals surface area contributed by atoms with Gasteiger partial charge < -0.3 is 15.2 Å². The number of imidazole rings is 1. The number of nitrogens with two attached hydrogens (primary N) is 1. The van der Waals surface area contributed by atoms with Crippen LogP contribution in [0.4, 0.5) is 13.2 Å². The predicted molar refractivity (Wildman–Crippen MR) is 85.7 cm³/mol. The van der Waals surface area contributed by atoms with E-state index in [1.807, 2.05) is 0 Å². The van der Waals surface area contributed by atoms with Crippen molar-refractivity contribution in [3.05, 3.63) is 29.6 Å². The molecule has 8 heteroatoms. The summed E-state index contributed by atoms with van der Waals surface area (Å²) in [6.45, 7) is 5.41. The number of likely N-dealkylation sites (N-methyl/N-ethyl adjacent to an activating group) is 1. The van der Waals surface area contributed by atoms with Crippen molar-refractivity contribution in [2.75, 3.05) is 13.6 Å². The Balaban J connectivity index is 2.55. The molecule has 0 saturated heterocycles.